The molecule has 0 atom stereocenters. The Morgan fingerprint density at radius 2 is 1.26 bits per heavy atom. The first-order valence-electron chi connectivity index (χ1n) is 20.1. The van der Waals surface area contributed by atoms with Crippen LogP contribution in [0.3, 0.4) is 0 Å². The Bertz CT molecular complexity index is 2850. The van der Waals surface area contributed by atoms with Gasteiger partial charge in [0.2, 0.25) is 11.5 Å². The number of hydrogen-bond donors (Lipinski definition) is 2. The average molecular weight is 869 g/mol. The van der Waals surface area contributed by atoms with Gasteiger partial charge in [-0.25, -0.2) is 18.6 Å². The first-order chi connectivity index (χ1) is 29.8. The number of unbranched alkanes of at least 4 members (excludes halogenated alkanes) is 2. The average Bonchev–Trinajstić information content (AvgIpc) is 4.10. The summed E-state index contributed by atoms with van der Waals surface area (Å²) < 4.78 is 28.2. The van der Waals surface area contributed by atoms with E-state index in [2.05, 4.69) is 15.2 Å². The molecule has 0 bridgehead atoms. The van der Waals surface area contributed by atoms with Crippen molar-refractivity contribution in [3.05, 3.63) is 127 Å². The van der Waals surface area contributed by atoms with Crippen molar-refractivity contribution in [2.45, 2.75) is 66.5 Å². The molecule has 8 heterocycles. The quantitative estimate of drug-likeness (QED) is 0.0756. The Morgan fingerprint density at radius 3 is 1.87 bits per heavy atom. The lowest BCUT2D eigenvalue weighted by molar-refractivity contribution is 0.0513. The van der Waals surface area contributed by atoms with Gasteiger partial charge in [0.25, 0.3) is 11.1 Å². The number of aromatic amines is 1. The number of carbonyl (C=O) groups is 2. The molecule has 0 aromatic carbocycles. The third kappa shape index (κ3) is 10.0. The highest BCUT2D eigenvalue weighted by Crippen LogP contribution is 2.32. The molecule has 15 nitrogen and oxygen atoms in total. The van der Waals surface area contributed by atoms with E-state index in [9.17, 15) is 19.2 Å². The number of nitrogens with zero attached hydrogens (tertiary/aromatic N) is 5. The molecule has 0 saturated heterocycles. The number of ether oxygens (including phenoxy) is 4. The van der Waals surface area contributed by atoms with Crippen LogP contribution >= 0.6 is 22.7 Å². The van der Waals surface area contributed by atoms with Gasteiger partial charge in [-0.3, -0.25) is 14.2 Å². The summed E-state index contributed by atoms with van der Waals surface area (Å²) in [6.45, 7) is 9.18. The summed E-state index contributed by atoms with van der Waals surface area (Å²) in [4.78, 5) is 53.1. The van der Waals surface area contributed by atoms with E-state index in [1.54, 1.807) is 45.9 Å². The highest BCUT2D eigenvalue weighted by molar-refractivity contribution is 7.17. The van der Waals surface area contributed by atoms with Crippen molar-refractivity contribution in [1.82, 2.24) is 28.8 Å². The zero-order chi connectivity index (χ0) is 43.3. The second kappa shape index (κ2) is 21.3. The number of nitrogens with one attached hydrogen (secondary N) is 1. The van der Waals surface area contributed by atoms with Crippen LogP contribution in [0.4, 0.5) is 0 Å². The summed E-state index contributed by atoms with van der Waals surface area (Å²) in [6, 6.07) is 15.2. The van der Waals surface area contributed by atoms with Crippen LogP contribution in [-0.2, 0) is 22.6 Å². The van der Waals surface area contributed by atoms with Gasteiger partial charge in [-0.1, -0.05) is 38.8 Å². The molecule has 0 spiro atoms. The maximum absolute atomic E-state index is 13.5. The van der Waals surface area contributed by atoms with Crippen molar-refractivity contribution < 1.29 is 33.6 Å². The lowest BCUT2D eigenvalue weighted by Gasteiger charge is -2.15. The Morgan fingerprint density at radius 1 is 0.705 bits per heavy atom. The topological polar surface area (TPSA) is 181 Å². The second-order valence-electron chi connectivity index (χ2n) is 13.5. The SMILES string of the molecule is CCCCOc1c(C(=O)OCC)c2sccc2[nH]c1=O.CCCCOc1c(C(=O)OCC)c2sccc2n(Cc2cnn3ccccc23)c1=O.OCc1cnn2ccccc12. The lowest BCUT2D eigenvalue weighted by atomic mass is 10.2. The molecule has 8 aromatic rings. The summed E-state index contributed by atoms with van der Waals surface area (Å²) in [5.41, 5.74) is 4.71. The molecule has 0 fully saturated rings. The molecule has 0 aliphatic carbocycles. The first-order valence-corrected chi connectivity index (χ1v) is 21.8. The molecule has 0 aliphatic heterocycles. The van der Waals surface area contributed by atoms with E-state index in [4.69, 9.17) is 24.1 Å². The molecule has 0 aliphatic rings. The maximum Gasteiger partial charge on any atom is 0.343 e. The smallest absolute Gasteiger partial charge is 0.343 e. The predicted molar refractivity (Wildman–Crippen MR) is 237 cm³/mol. The Hall–Kier alpha value is -6.30. The van der Waals surface area contributed by atoms with Gasteiger partial charge in [0.05, 0.1) is 83.4 Å². The number of thiophene rings is 2. The van der Waals surface area contributed by atoms with E-state index in [1.807, 2.05) is 79.5 Å². The molecule has 17 heteroatoms. The molecule has 61 heavy (non-hydrogen) atoms. The third-order valence-electron chi connectivity index (χ3n) is 9.36. The summed E-state index contributed by atoms with van der Waals surface area (Å²) in [5.74, 6) is -0.922. The van der Waals surface area contributed by atoms with Crippen LogP contribution in [0.1, 0.15) is 85.2 Å². The van der Waals surface area contributed by atoms with E-state index in [-0.39, 0.29) is 48.0 Å². The molecular formula is C44H48N6O9S2. The van der Waals surface area contributed by atoms with E-state index < -0.39 is 17.5 Å². The van der Waals surface area contributed by atoms with Crippen LogP contribution in [0, 0.1) is 0 Å². The number of fused-ring (bicyclic) bond motifs is 4. The Kier molecular flexibility index (Phi) is 15.4. The molecule has 0 radical (unpaired) electrons. The van der Waals surface area contributed by atoms with Gasteiger partial charge in [-0.2, -0.15) is 10.2 Å². The normalized spacial score (nSPS) is 11.0. The molecule has 320 valence electrons. The minimum atomic E-state index is -0.531. The van der Waals surface area contributed by atoms with Gasteiger partial charge in [0.1, 0.15) is 11.1 Å². The highest BCUT2D eigenvalue weighted by atomic mass is 32.1. The number of hydrogen-bond acceptors (Lipinski definition) is 13. The van der Waals surface area contributed by atoms with Gasteiger partial charge in [0, 0.05) is 23.5 Å². The number of esters is 2. The van der Waals surface area contributed by atoms with Crippen LogP contribution < -0.4 is 20.6 Å². The zero-order valence-corrected chi connectivity index (χ0v) is 36.1. The van der Waals surface area contributed by atoms with Gasteiger partial charge in [-0.15, -0.1) is 22.7 Å². The van der Waals surface area contributed by atoms with Crippen LogP contribution in [0.15, 0.2) is 93.7 Å². The fraction of sp³-hybridized carbons (Fsp3) is 0.318. The monoisotopic (exact) mass is 868 g/mol. The van der Waals surface area contributed by atoms with Crippen molar-refractivity contribution in [3.63, 3.8) is 0 Å². The molecule has 0 amide bonds. The van der Waals surface area contributed by atoms with E-state index in [0.717, 1.165) is 47.8 Å². The Balaban J connectivity index is 0.000000171. The molecular weight excluding hydrogens is 821 g/mol. The van der Waals surface area contributed by atoms with Gasteiger partial charge < -0.3 is 29.0 Å². The van der Waals surface area contributed by atoms with Crippen molar-refractivity contribution in [2.24, 2.45) is 0 Å². The Labute approximate surface area is 358 Å². The summed E-state index contributed by atoms with van der Waals surface area (Å²) in [5, 5.41) is 21.0. The molecule has 2 N–H and O–H groups in total. The fourth-order valence-electron chi connectivity index (χ4n) is 6.37. The fourth-order valence-corrected chi connectivity index (χ4v) is 8.18. The van der Waals surface area contributed by atoms with Crippen molar-refractivity contribution in [3.8, 4) is 11.5 Å². The number of H-pyrrole nitrogens is 1. The third-order valence-corrected chi connectivity index (χ3v) is 11.2. The predicted octanol–water partition coefficient (Wildman–Crippen LogP) is 7.89. The van der Waals surface area contributed by atoms with E-state index in [0.29, 0.717) is 40.2 Å². The zero-order valence-electron chi connectivity index (χ0n) is 34.4. The largest absolute Gasteiger partial charge is 0.487 e. The molecule has 0 unspecified atom stereocenters. The van der Waals surface area contributed by atoms with Crippen LogP contribution in [0.5, 0.6) is 11.5 Å². The number of aliphatic hydroxyl groups excluding tert-OH is 1. The number of aromatic nitrogens is 6. The summed E-state index contributed by atoms with van der Waals surface area (Å²) in [6.07, 6.45) is 10.6. The van der Waals surface area contributed by atoms with E-state index in [1.165, 1.54) is 22.7 Å². The van der Waals surface area contributed by atoms with Crippen LogP contribution in [0.2, 0.25) is 0 Å². The minimum Gasteiger partial charge on any atom is -0.487 e. The number of pyridine rings is 4. The standard InChI is InChI=1S/C22H23N3O4S.C14H17NO4S.C8H8N2O/c1-3-5-11-29-19-18(22(27)28-4-2)20-17(9-12-30-20)24(21(19)26)14-15-13-23-25-10-7-6-8-16(15)25;1-3-5-7-19-11-10(14(17)18-4-2)12-9(6-8-20-12)15-13(11)16;11-6-7-5-9-10-4-2-1-3-8(7)10/h6-10,12-13H,3-5,11,14H2,1-2H3;6,8H,3-5,7H2,1-2H3,(H,15,16);1-5,11H,6H2. The molecule has 8 rings (SSSR count). The second-order valence-corrected chi connectivity index (χ2v) is 15.3. The molecule has 0 saturated carbocycles. The number of carbonyl (C=O) groups excluding carboxylic acids is 2. The van der Waals surface area contributed by atoms with Crippen LogP contribution in [-0.4, -0.2) is 72.3 Å². The summed E-state index contributed by atoms with van der Waals surface area (Å²) in [7, 11) is 0. The maximum atomic E-state index is 13.5. The first kappa shape index (κ1) is 44.3. The lowest BCUT2D eigenvalue weighted by Crippen LogP contribution is -2.26. The summed E-state index contributed by atoms with van der Waals surface area (Å²) >= 11 is 2.78. The van der Waals surface area contributed by atoms with Crippen molar-refractivity contribution in [1.29, 1.82) is 0 Å². The van der Waals surface area contributed by atoms with Gasteiger partial charge in [0.15, 0.2) is 0 Å². The van der Waals surface area contributed by atoms with Crippen molar-refractivity contribution >= 4 is 66.1 Å². The van der Waals surface area contributed by atoms with Gasteiger partial charge >= 0.3 is 11.9 Å². The van der Waals surface area contributed by atoms with Crippen molar-refractivity contribution in [2.75, 3.05) is 26.4 Å². The van der Waals surface area contributed by atoms with E-state index >= 15 is 0 Å². The number of rotatable bonds is 15. The highest BCUT2D eigenvalue weighted by Gasteiger charge is 2.26. The molecule has 8 aromatic heterocycles. The van der Waals surface area contributed by atoms with Gasteiger partial charge in [-0.05, 0) is 73.8 Å². The minimum absolute atomic E-state index is 0.0491. The van der Waals surface area contributed by atoms with Crippen LogP contribution in [0.25, 0.3) is 31.5 Å². The number of aliphatic hydroxyl groups is 1.